The van der Waals surface area contributed by atoms with Crippen LogP contribution in [0.25, 0.3) is 0 Å². The standard InChI is InChI=1S/C17H36O4/c1-5-6-7-8-9-10-11-12-21-16-17(13-18-2,14-19-3)15-20-4/h5-16H2,1-4H3. The SMILES string of the molecule is CCCCCCCCCOCC(COC)(COC)COC. The van der Waals surface area contributed by atoms with E-state index in [1.165, 1.54) is 38.5 Å². The molecule has 0 atom stereocenters. The third-order valence-electron chi connectivity index (χ3n) is 3.65. The Bertz CT molecular complexity index is 192. The molecule has 0 aromatic rings. The molecule has 0 saturated carbocycles. The predicted octanol–water partition coefficient (Wildman–Crippen LogP) is 3.68. The lowest BCUT2D eigenvalue weighted by Crippen LogP contribution is -2.40. The highest BCUT2D eigenvalue weighted by Crippen LogP contribution is 2.20. The van der Waals surface area contributed by atoms with Crippen LogP contribution in [0.15, 0.2) is 0 Å². The summed E-state index contributed by atoms with van der Waals surface area (Å²) in [6, 6.07) is 0. The van der Waals surface area contributed by atoms with E-state index in [1.54, 1.807) is 21.3 Å². The van der Waals surface area contributed by atoms with Crippen molar-refractivity contribution in [3.8, 4) is 0 Å². The van der Waals surface area contributed by atoms with Gasteiger partial charge in [0.05, 0.1) is 31.8 Å². The zero-order chi connectivity index (χ0) is 15.8. The smallest absolute Gasteiger partial charge is 0.0637 e. The number of methoxy groups -OCH3 is 3. The topological polar surface area (TPSA) is 36.9 Å². The van der Waals surface area contributed by atoms with Crippen molar-refractivity contribution in [2.24, 2.45) is 5.41 Å². The second-order valence-electron chi connectivity index (χ2n) is 5.97. The quantitative estimate of drug-likeness (QED) is 0.408. The lowest BCUT2D eigenvalue weighted by atomic mass is 9.92. The van der Waals surface area contributed by atoms with Gasteiger partial charge in [0.15, 0.2) is 0 Å². The van der Waals surface area contributed by atoms with E-state index in [-0.39, 0.29) is 5.41 Å². The molecule has 0 bridgehead atoms. The predicted molar refractivity (Wildman–Crippen MR) is 86.9 cm³/mol. The second-order valence-corrected chi connectivity index (χ2v) is 5.97. The molecule has 0 unspecified atom stereocenters. The summed E-state index contributed by atoms with van der Waals surface area (Å²) in [5.41, 5.74) is -0.195. The van der Waals surface area contributed by atoms with E-state index in [1.807, 2.05) is 0 Å². The maximum Gasteiger partial charge on any atom is 0.0637 e. The first-order valence-corrected chi connectivity index (χ1v) is 8.29. The molecule has 4 nitrogen and oxygen atoms in total. The number of rotatable bonds is 16. The zero-order valence-corrected chi connectivity index (χ0v) is 14.6. The van der Waals surface area contributed by atoms with Crippen LogP contribution in [0.4, 0.5) is 0 Å². The summed E-state index contributed by atoms with van der Waals surface area (Å²) < 4.78 is 21.8. The number of hydrogen-bond acceptors (Lipinski definition) is 4. The maximum absolute atomic E-state index is 5.84. The summed E-state index contributed by atoms with van der Waals surface area (Å²) in [5, 5.41) is 0. The molecule has 0 fully saturated rings. The van der Waals surface area contributed by atoms with E-state index < -0.39 is 0 Å². The van der Waals surface area contributed by atoms with Crippen LogP contribution in [0.3, 0.4) is 0 Å². The Labute approximate surface area is 131 Å². The van der Waals surface area contributed by atoms with Crippen molar-refractivity contribution in [1.29, 1.82) is 0 Å². The molecule has 0 aliphatic heterocycles. The molecule has 128 valence electrons. The first-order chi connectivity index (χ1) is 10.2. The lowest BCUT2D eigenvalue weighted by Gasteiger charge is -2.31. The highest BCUT2D eigenvalue weighted by molar-refractivity contribution is 4.78. The molecular formula is C17H36O4. The number of unbranched alkanes of at least 4 members (excludes halogenated alkanes) is 6. The Morgan fingerprint density at radius 3 is 1.57 bits per heavy atom. The van der Waals surface area contributed by atoms with Gasteiger partial charge < -0.3 is 18.9 Å². The van der Waals surface area contributed by atoms with Gasteiger partial charge in [0.1, 0.15) is 0 Å². The molecule has 0 rings (SSSR count). The van der Waals surface area contributed by atoms with Gasteiger partial charge in [0, 0.05) is 27.9 Å². The minimum Gasteiger partial charge on any atom is -0.384 e. The monoisotopic (exact) mass is 304 g/mol. The highest BCUT2D eigenvalue weighted by Gasteiger charge is 2.31. The van der Waals surface area contributed by atoms with E-state index in [9.17, 15) is 0 Å². The number of ether oxygens (including phenoxy) is 4. The maximum atomic E-state index is 5.84. The van der Waals surface area contributed by atoms with Gasteiger partial charge in [-0.15, -0.1) is 0 Å². The molecule has 0 saturated heterocycles. The van der Waals surface area contributed by atoms with Crippen LogP contribution in [-0.2, 0) is 18.9 Å². The largest absolute Gasteiger partial charge is 0.384 e. The molecule has 0 radical (unpaired) electrons. The van der Waals surface area contributed by atoms with Crippen molar-refractivity contribution >= 4 is 0 Å². The first-order valence-electron chi connectivity index (χ1n) is 8.29. The van der Waals surface area contributed by atoms with Gasteiger partial charge in [-0.1, -0.05) is 45.4 Å². The van der Waals surface area contributed by atoms with Gasteiger partial charge in [-0.2, -0.15) is 0 Å². The third-order valence-corrected chi connectivity index (χ3v) is 3.65. The van der Waals surface area contributed by atoms with Crippen molar-refractivity contribution in [3.05, 3.63) is 0 Å². The molecule has 0 aliphatic carbocycles. The molecule has 0 N–H and O–H groups in total. The lowest BCUT2D eigenvalue weighted by molar-refractivity contribution is -0.0851. The van der Waals surface area contributed by atoms with Gasteiger partial charge in [-0.3, -0.25) is 0 Å². The van der Waals surface area contributed by atoms with Crippen LogP contribution < -0.4 is 0 Å². The van der Waals surface area contributed by atoms with Crippen LogP contribution in [0.2, 0.25) is 0 Å². The van der Waals surface area contributed by atoms with E-state index in [0.717, 1.165) is 13.0 Å². The molecule has 0 aromatic heterocycles. The fourth-order valence-electron chi connectivity index (χ4n) is 2.62. The summed E-state index contributed by atoms with van der Waals surface area (Å²) in [4.78, 5) is 0. The molecular weight excluding hydrogens is 268 g/mol. The summed E-state index contributed by atoms with van der Waals surface area (Å²) in [7, 11) is 5.11. The third kappa shape index (κ3) is 11.1. The molecule has 0 heterocycles. The van der Waals surface area contributed by atoms with E-state index >= 15 is 0 Å². The van der Waals surface area contributed by atoms with Crippen LogP contribution in [0, 0.1) is 5.41 Å². The summed E-state index contributed by atoms with van der Waals surface area (Å²) >= 11 is 0. The van der Waals surface area contributed by atoms with Gasteiger partial charge in [-0.05, 0) is 6.42 Å². The first kappa shape index (κ1) is 20.8. The van der Waals surface area contributed by atoms with Crippen molar-refractivity contribution in [2.75, 3.05) is 54.4 Å². The van der Waals surface area contributed by atoms with Crippen LogP contribution in [0.1, 0.15) is 51.9 Å². The van der Waals surface area contributed by atoms with Crippen LogP contribution in [-0.4, -0.2) is 54.4 Å². The second kappa shape index (κ2) is 14.8. The summed E-state index contributed by atoms with van der Waals surface area (Å²) in [5.74, 6) is 0. The van der Waals surface area contributed by atoms with Gasteiger partial charge >= 0.3 is 0 Å². The minimum atomic E-state index is -0.195. The molecule has 0 aromatic carbocycles. The van der Waals surface area contributed by atoms with E-state index in [2.05, 4.69) is 6.92 Å². The van der Waals surface area contributed by atoms with Gasteiger partial charge in [-0.25, -0.2) is 0 Å². The summed E-state index contributed by atoms with van der Waals surface area (Å²) in [6.45, 7) is 5.45. The fraction of sp³-hybridized carbons (Fsp3) is 1.00. The molecule has 21 heavy (non-hydrogen) atoms. The van der Waals surface area contributed by atoms with Crippen molar-refractivity contribution in [1.82, 2.24) is 0 Å². The van der Waals surface area contributed by atoms with Crippen molar-refractivity contribution in [3.63, 3.8) is 0 Å². The Kier molecular flexibility index (Phi) is 14.7. The van der Waals surface area contributed by atoms with E-state index in [0.29, 0.717) is 26.4 Å². The van der Waals surface area contributed by atoms with Gasteiger partial charge in [0.2, 0.25) is 0 Å². The Balaban J connectivity index is 3.76. The van der Waals surface area contributed by atoms with E-state index in [4.69, 9.17) is 18.9 Å². The zero-order valence-electron chi connectivity index (χ0n) is 14.6. The number of hydrogen-bond donors (Lipinski definition) is 0. The summed E-state index contributed by atoms with van der Waals surface area (Å²) in [6.07, 6.45) is 9.12. The average Bonchev–Trinajstić information content (AvgIpc) is 2.46. The van der Waals surface area contributed by atoms with Crippen LogP contribution in [0.5, 0.6) is 0 Å². The van der Waals surface area contributed by atoms with Crippen molar-refractivity contribution < 1.29 is 18.9 Å². The molecule has 4 heteroatoms. The Morgan fingerprint density at radius 2 is 1.10 bits per heavy atom. The minimum absolute atomic E-state index is 0.195. The van der Waals surface area contributed by atoms with Crippen molar-refractivity contribution in [2.45, 2.75) is 51.9 Å². The normalized spacial score (nSPS) is 12.0. The molecule has 0 spiro atoms. The van der Waals surface area contributed by atoms with Crippen LogP contribution >= 0.6 is 0 Å². The molecule has 0 aliphatic rings. The highest BCUT2D eigenvalue weighted by atomic mass is 16.5. The Morgan fingerprint density at radius 1 is 0.619 bits per heavy atom. The fourth-order valence-corrected chi connectivity index (χ4v) is 2.62. The average molecular weight is 304 g/mol. The Hall–Kier alpha value is -0.160. The molecule has 0 amide bonds. The van der Waals surface area contributed by atoms with Gasteiger partial charge in [0.25, 0.3) is 0 Å².